The first-order chi connectivity index (χ1) is 17.2. The Hall–Kier alpha value is -2.59. The summed E-state index contributed by atoms with van der Waals surface area (Å²) in [6.07, 6.45) is -0.885. The zero-order valence-electron chi connectivity index (χ0n) is 21.3. The maximum atomic E-state index is 12.9. The van der Waals surface area contributed by atoms with E-state index >= 15 is 0 Å². The summed E-state index contributed by atoms with van der Waals surface area (Å²) in [7, 11) is 0. The van der Waals surface area contributed by atoms with E-state index in [2.05, 4.69) is 19.6 Å². The van der Waals surface area contributed by atoms with Gasteiger partial charge in [0.25, 0.3) is 0 Å². The second-order valence-corrected chi connectivity index (χ2v) is 9.74. The normalized spacial score (nSPS) is 28.2. The fourth-order valence-electron chi connectivity index (χ4n) is 4.83. The number of rotatable bonds is 9. The van der Waals surface area contributed by atoms with Gasteiger partial charge >= 0.3 is 6.09 Å². The van der Waals surface area contributed by atoms with Crippen molar-refractivity contribution in [1.82, 2.24) is 4.90 Å². The summed E-state index contributed by atoms with van der Waals surface area (Å²) < 4.78 is 16.8. The summed E-state index contributed by atoms with van der Waals surface area (Å²) in [4.78, 5) is 14.2. The Bertz CT molecular complexity index is 948. The molecule has 0 spiro atoms. The Kier molecular flexibility index (Phi) is 9.78. The summed E-state index contributed by atoms with van der Waals surface area (Å²) in [5, 5.41) is 40.4. The first kappa shape index (κ1) is 28.0. The number of phenolic OH excluding ortho intramolecular Hbond substituents is 1. The summed E-state index contributed by atoms with van der Waals surface area (Å²) in [6.45, 7) is 9.88. The van der Waals surface area contributed by atoms with Crippen LogP contribution in [0.15, 0.2) is 42.0 Å². The monoisotopic (exact) mass is 505 g/mol. The van der Waals surface area contributed by atoms with E-state index in [1.807, 2.05) is 13.8 Å². The van der Waals surface area contributed by atoms with Crippen LogP contribution in [0.2, 0.25) is 0 Å². The number of aliphatic hydroxyl groups excluding tert-OH is 3. The Morgan fingerprint density at radius 3 is 2.72 bits per heavy atom. The standard InChI is InChI=1S/C27H39NO8/c1-5-11-28(27(33)36-26-25(32)22(31)13-18(14-29)35-26)15-34-23-8-6-7-21(30)24(23)20-12-17(4)9-10-19(20)16(2)3/h6-8,12,18-20,22,25-26,29-32H,2,5,9-11,13-15H2,1,3-4H3/t18-,19-,20?,22-,25+,26-/m0/s1. The number of allylic oxidation sites excluding steroid dienone is 3. The van der Waals surface area contributed by atoms with Gasteiger partial charge in [-0.15, -0.1) is 0 Å². The molecule has 1 aliphatic heterocycles. The van der Waals surface area contributed by atoms with Gasteiger partial charge in [0.05, 0.1) is 18.8 Å². The van der Waals surface area contributed by atoms with Gasteiger partial charge in [-0.2, -0.15) is 0 Å². The SMILES string of the molecule is C=C(C)[C@@H]1CCC(C)=CC1c1c(O)cccc1OCN(CCC)C(=O)O[C@@H]1O[C@H](CO)C[C@H](O)[C@H]1O. The van der Waals surface area contributed by atoms with Gasteiger partial charge in [-0.1, -0.05) is 36.8 Å². The maximum Gasteiger partial charge on any atom is 0.414 e. The second kappa shape index (κ2) is 12.6. The minimum atomic E-state index is -1.43. The van der Waals surface area contributed by atoms with Crippen molar-refractivity contribution < 1.29 is 39.4 Å². The van der Waals surface area contributed by atoms with E-state index in [1.54, 1.807) is 18.2 Å². The number of phenols is 1. The van der Waals surface area contributed by atoms with Crippen molar-refractivity contribution in [1.29, 1.82) is 0 Å². The largest absolute Gasteiger partial charge is 0.508 e. The maximum absolute atomic E-state index is 12.9. The number of carbonyl (C=O) groups is 1. The van der Waals surface area contributed by atoms with E-state index in [0.717, 1.165) is 18.4 Å². The highest BCUT2D eigenvalue weighted by atomic mass is 16.7. The number of benzene rings is 1. The first-order valence-corrected chi connectivity index (χ1v) is 12.5. The quantitative estimate of drug-likeness (QED) is 0.297. The lowest BCUT2D eigenvalue weighted by Crippen LogP contribution is -2.52. The predicted octanol–water partition coefficient (Wildman–Crippen LogP) is 3.42. The van der Waals surface area contributed by atoms with Crippen molar-refractivity contribution in [2.75, 3.05) is 19.9 Å². The number of amides is 1. The summed E-state index contributed by atoms with van der Waals surface area (Å²) in [5.41, 5.74) is 2.91. The highest BCUT2D eigenvalue weighted by Crippen LogP contribution is 2.46. The average Bonchev–Trinajstić information content (AvgIpc) is 2.84. The van der Waals surface area contributed by atoms with Crippen LogP contribution in [0, 0.1) is 5.92 Å². The Morgan fingerprint density at radius 2 is 2.06 bits per heavy atom. The number of hydrogen-bond acceptors (Lipinski definition) is 8. The van der Waals surface area contributed by atoms with Gasteiger partial charge < -0.3 is 34.6 Å². The zero-order valence-corrected chi connectivity index (χ0v) is 21.3. The van der Waals surface area contributed by atoms with Crippen LogP contribution in [-0.2, 0) is 9.47 Å². The van der Waals surface area contributed by atoms with Crippen LogP contribution in [0.3, 0.4) is 0 Å². The van der Waals surface area contributed by atoms with E-state index in [1.165, 1.54) is 10.5 Å². The van der Waals surface area contributed by atoms with Crippen LogP contribution in [0.5, 0.6) is 11.5 Å². The fraction of sp³-hybridized carbons (Fsp3) is 0.593. The highest BCUT2D eigenvalue weighted by molar-refractivity contribution is 5.67. The molecule has 9 heteroatoms. The van der Waals surface area contributed by atoms with E-state index in [4.69, 9.17) is 14.2 Å². The molecular formula is C27H39NO8. The number of ether oxygens (including phenoxy) is 3. The van der Waals surface area contributed by atoms with Crippen molar-refractivity contribution >= 4 is 6.09 Å². The summed E-state index contributed by atoms with van der Waals surface area (Å²) in [6, 6.07) is 5.07. The lowest BCUT2D eigenvalue weighted by Gasteiger charge is -2.36. The number of aromatic hydroxyl groups is 1. The van der Waals surface area contributed by atoms with Gasteiger partial charge in [-0.3, -0.25) is 4.90 Å². The molecule has 0 saturated carbocycles. The van der Waals surface area contributed by atoms with Crippen molar-refractivity contribution in [3.8, 4) is 11.5 Å². The van der Waals surface area contributed by atoms with Crippen LogP contribution in [-0.4, -0.2) is 75.9 Å². The van der Waals surface area contributed by atoms with Gasteiger partial charge in [0.2, 0.25) is 6.29 Å². The third-order valence-corrected chi connectivity index (χ3v) is 6.81. The predicted molar refractivity (Wildman–Crippen MR) is 133 cm³/mol. The zero-order chi connectivity index (χ0) is 26.4. The number of hydrogen-bond donors (Lipinski definition) is 4. The molecule has 4 N–H and O–H groups in total. The number of carbonyl (C=O) groups excluding carboxylic acids is 1. The smallest absolute Gasteiger partial charge is 0.414 e. The van der Waals surface area contributed by atoms with E-state index < -0.39 is 30.7 Å². The molecule has 1 saturated heterocycles. The van der Waals surface area contributed by atoms with Gasteiger partial charge in [0.15, 0.2) is 6.73 Å². The molecule has 1 aromatic carbocycles. The average molecular weight is 506 g/mol. The van der Waals surface area contributed by atoms with Crippen LogP contribution in [0.1, 0.15) is 57.9 Å². The molecule has 9 nitrogen and oxygen atoms in total. The van der Waals surface area contributed by atoms with Crippen molar-refractivity contribution in [2.45, 2.75) is 77.0 Å². The number of aliphatic hydroxyl groups is 3. The summed E-state index contributed by atoms with van der Waals surface area (Å²) in [5.74, 6) is 0.608. The molecule has 3 rings (SSSR count). The van der Waals surface area contributed by atoms with E-state index in [0.29, 0.717) is 24.3 Å². The van der Waals surface area contributed by atoms with Crippen molar-refractivity contribution in [3.63, 3.8) is 0 Å². The summed E-state index contributed by atoms with van der Waals surface area (Å²) >= 11 is 0. The Balaban J connectivity index is 1.77. The van der Waals surface area contributed by atoms with Gasteiger partial charge in [-0.25, -0.2) is 4.79 Å². The van der Waals surface area contributed by atoms with E-state index in [-0.39, 0.29) is 37.3 Å². The molecule has 1 amide bonds. The number of nitrogens with zero attached hydrogens (tertiary/aromatic N) is 1. The molecule has 0 bridgehead atoms. The lowest BCUT2D eigenvalue weighted by molar-refractivity contribution is -0.253. The third-order valence-electron chi connectivity index (χ3n) is 6.81. The van der Waals surface area contributed by atoms with Crippen molar-refractivity contribution in [3.05, 3.63) is 47.6 Å². The van der Waals surface area contributed by atoms with Gasteiger partial charge in [0, 0.05) is 24.4 Å². The molecule has 6 atom stereocenters. The molecule has 200 valence electrons. The van der Waals surface area contributed by atoms with E-state index in [9.17, 15) is 25.2 Å². The highest BCUT2D eigenvalue weighted by Gasteiger charge is 2.40. The van der Waals surface area contributed by atoms with Gasteiger partial charge in [0.1, 0.15) is 17.6 Å². The first-order valence-electron chi connectivity index (χ1n) is 12.5. The molecule has 0 radical (unpaired) electrons. The molecule has 1 aliphatic carbocycles. The second-order valence-electron chi connectivity index (χ2n) is 9.74. The molecular weight excluding hydrogens is 466 g/mol. The molecule has 2 aliphatic rings. The molecule has 1 heterocycles. The minimum Gasteiger partial charge on any atom is -0.508 e. The topological polar surface area (TPSA) is 129 Å². The third kappa shape index (κ3) is 6.59. The minimum absolute atomic E-state index is 0.0358. The van der Waals surface area contributed by atoms with Crippen LogP contribution in [0.4, 0.5) is 4.79 Å². The molecule has 1 fully saturated rings. The van der Waals surface area contributed by atoms with Crippen LogP contribution >= 0.6 is 0 Å². The fourth-order valence-corrected chi connectivity index (χ4v) is 4.83. The lowest BCUT2D eigenvalue weighted by atomic mass is 9.74. The van der Waals surface area contributed by atoms with Crippen molar-refractivity contribution in [2.24, 2.45) is 5.92 Å². The Labute approximate surface area is 212 Å². The molecule has 36 heavy (non-hydrogen) atoms. The molecule has 1 aromatic rings. The van der Waals surface area contributed by atoms with Gasteiger partial charge in [-0.05, 0) is 51.2 Å². The molecule has 0 aromatic heterocycles. The molecule has 1 unspecified atom stereocenters. The van der Waals surface area contributed by atoms with Crippen LogP contribution in [0.25, 0.3) is 0 Å². The Morgan fingerprint density at radius 1 is 1.31 bits per heavy atom. The van der Waals surface area contributed by atoms with Crippen LogP contribution < -0.4 is 4.74 Å².